The maximum Gasteiger partial charge on any atom is 0.120 e. The fourth-order valence-electron chi connectivity index (χ4n) is 1.86. The van der Waals surface area contributed by atoms with Crippen LogP contribution in [-0.4, -0.2) is 35.7 Å². The molecule has 1 atom stereocenters. The zero-order valence-electron chi connectivity index (χ0n) is 9.13. The van der Waals surface area contributed by atoms with Crippen LogP contribution in [0.3, 0.4) is 0 Å². The summed E-state index contributed by atoms with van der Waals surface area (Å²) in [6, 6.07) is 10.4. The highest BCUT2D eigenvalue weighted by Gasteiger charge is 2.22. The van der Waals surface area contributed by atoms with Crippen LogP contribution in [0.5, 0.6) is 0 Å². The SMILES string of the molecule is NC(=S)[C@H]1CN(Cc2ccccc2)CCO1. The van der Waals surface area contributed by atoms with Gasteiger partial charge in [-0.3, -0.25) is 4.90 Å². The predicted octanol–water partition coefficient (Wildman–Crippen LogP) is 1.17. The first kappa shape index (κ1) is 11.5. The van der Waals surface area contributed by atoms with Crippen molar-refractivity contribution >= 4 is 17.2 Å². The highest BCUT2D eigenvalue weighted by atomic mass is 32.1. The molecule has 16 heavy (non-hydrogen) atoms. The Hall–Kier alpha value is -0.970. The van der Waals surface area contributed by atoms with E-state index in [0.29, 0.717) is 11.6 Å². The van der Waals surface area contributed by atoms with Gasteiger partial charge in [0.15, 0.2) is 0 Å². The van der Waals surface area contributed by atoms with Crippen LogP contribution < -0.4 is 5.73 Å². The molecule has 1 aromatic carbocycles. The largest absolute Gasteiger partial charge is 0.391 e. The molecule has 0 saturated carbocycles. The van der Waals surface area contributed by atoms with E-state index in [-0.39, 0.29) is 6.10 Å². The minimum atomic E-state index is -0.0903. The number of nitrogens with two attached hydrogens (primary N) is 1. The Bertz CT molecular complexity index is 355. The van der Waals surface area contributed by atoms with Gasteiger partial charge >= 0.3 is 0 Å². The van der Waals surface area contributed by atoms with Gasteiger partial charge in [-0.1, -0.05) is 42.5 Å². The Morgan fingerprint density at radius 3 is 2.88 bits per heavy atom. The molecule has 86 valence electrons. The molecule has 3 nitrogen and oxygen atoms in total. The molecule has 1 aliphatic rings. The summed E-state index contributed by atoms with van der Waals surface area (Å²) in [5.41, 5.74) is 6.91. The number of benzene rings is 1. The smallest absolute Gasteiger partial charge is 0.120 e. The highest BCUT2D eigenvalue weighted by molar-refractivity contribution is 7.80. The van der Waals surface area contributed by atoms with Crippen molar-refractivity contribution in [1.82, 2.24) is 4.90 Å². The average molecular weight is 236 g/mol. The second-order valence-corrected chi connectivity index (χ2v) is 4.45. The van der Waals surface area contributed by atoms with E-state index >= 15 is 0 Å². The van der Waals surface area contributed by atoms with Crippen molar-refractivity contribution in [3.63, 3.8) is 0 Å². The average Bonchev–Trinajstić information content (AvgIpc) is 2.30. The van der Waals surface area contributed by atoms with Gasteiger partial charge in [0.2, 0.25) is 0 Å². The van der Waals surface area contributed by atoms with Crippen LogP contribution >= 0.6 is 12.2 Å². The Labute approximate surface area is 101 Å². The van der Waals surface area contributed by atoms with E-state index in [4.69, 9.17) is 22.7 Å². The first-order valence-corrected chi connectivity index (χ1v) is 5.84. The molecule has 0 aliphatic carbocycles. The Morgan fingerprint density at radius 1 is 1.44 bits per heavy atom. The van der Waals surface area contributed by atoms with Gasteiger partial charge < -0.3 is 10.5 Å². The molecule has 1 fully saturated rings. The van der Waals surface area contributed by atoms with Crippen LogP contribution in [0.25, 0.3) is 0 Å². The summed E-state index contributed by atoms with van der Waals surface area (Å²) in [6.45, 7) is 3.37. The predicted molar refractivity (Wildman–Crippen MR) is 68.2 cm³/mol. The standard InChI is InChI=1S/C12H16N2OS/c13-12(16)11-9-14(6-7-15-11)8-10-4-2-1-3-5-10/h1-5,11H,6-9H2,(H2,13,16)/t11-/m1/s1. The molecule has 0 unspecified atom stereocenters. The fraction of sp³-hybridized carbons (Fsp3) is 0.417. The lowest BCUT2D eigenvalue weighted by molar-refractivity contribution is 0.00391. The Morgan fingerprint density at radius 2 is 2.19 bits per heavy atom. The number of hydrogen-bond acceptors (Lipinski definition) is 3. The van der Waals surface area contributed by atoms with Gasteiger partial charge in [-0.05, 0) is 5.56 Å². The Kier molecular flexibility index (Phi) is 3.88. The molecule has 0 amide bonds. The van der Waals surface area contributed by atoms with E-state index in [1.165, 1.54) is 5.56 Å². The van der Waals surface area contributed by atoms with Gasteiger partial charge in [-0.25, -0.2) is 0 Å². The molecule has 1 aliphatic heterocycles. The molecule has 4 heteroatoms. The zero-order chi connectivity index (χ0) is 11.4. The van der Waals surface area contributed by atoms with Crippen molar-refractivity contribution < 1.29 is 4.74 Å². The molecule has 0 aromatic heterocycles. The van der Waals surface area contributed by atoms with Gasteiger partial charge in [-0.2, -0.15) is 0 Å². The third-order valence-corrected chi connectivity index (χ3v) is 2.98. The van der Waals surface area contributed by atoms with Gasteiger partial charge in [0.1, 0.15) is 11.1 Å². The van der Waals surface area contributed by atoms with Crippen molar-refractivity contribution in [3.8, 4) is 0 Å². The second kappa shape index (κ2) is 5.39. The lowest BCUT2D eigenvalue weighted by Gasteiger charge is -2.32. The molecule has 0 bridgehead atoms. The summed E-state index contributed by atoms with van der Waals surface area (Å²) in [7, 11) is 0. The minimum absolute atomic E-state index is 0.0903. The van der Waals surface area contributed by atoms with Crippen LogP contribution in [0.2, 0.25) is 0 Å². The number of ether oxygens (including phenoxy) is 1. The third kappa shape index (κ3) is 3.01. The minimum Gasteiger partial charge on any atom is -0.391 e. The van der Waals surface area contributed by atoms with Crippen molar-refractivity contribution in [2.24, 2.45) is 5.73 Å². The van der Waals surface area contributed by atoms with Crippen LogP contribution in [0.1, 0.15) is 5.56 Å². The molecule has 1 aromatic rings. The zero-order valence-corrected chi connectivity index (χ0v) is 9.95. The highest BCUT2D eigenvalue weighted by Crippen LogP contribution is 2.10. The third-order valence-electron chi connectivity index (χ3n) is 2.72. The van der Waals surface area contributed by atoms with Crippen LogP contribution in [-0.2, 0) is 11.3 Å². The first-order chi connectivity index (χ1) is 7.75. The number of nitrogens with zero attached hydrogens (tertiary/aromatic N) is 1. The lowest BCUT2D eigenvalue weighted by Crippen LogP contribution is -2.47. The molecule has 2 rings (SSSR count). The van der Waals surface area contributed by atoms with Gasteiger partial charge in [0, 0.05) is 19.6 Å². The number of hydrogen-bond donors (Lipinski definition) is 1. The molecular formula is C12H16N2OS. The summed E-state index contributed by atoms with van der Waals surface area (Å²) < 4.78 is 5.50. The van der Waals surface area contributed by atoms with Gasteiger partial charge in [-0.15, -0.1) is 0 Å². The van der Waals surface area contributed by atoms with Crippen LogP contribution in [0.4, 0.5) is 0 Å². The van der Waals surface area contributed by atoms with Gasteiger partial charge in [0.05, 0.1) is 6.61 Å². The van der Waals surface area contributed by atoms with E-state index in [1.54, 1.807) is 0 Å². The first-order valence-electron chi connectivity index (χ1n) is 5.43. The quantitative estimate of drug-likeness (QED) is 0.800. The molecule has 1 saturated heterocycles. The summed E-state index contributed by atoms with van der Waals surface area (Å²) in [5.74, 6) is 0. The van der Waals surface area contributed by atoms with Crippen LogP contribution in [0.15, 0.2) is 30.3 Å². The van der Waals surface area contributed by atoms with Crippen LogP contribution in [0, 0.1) is 0 Å². The summed E-state index contributed by atoms with van der Waals surface area (Å²) >= 11 is 4.96. The van der Waals surface area contributed by atoms with E-state index in [0.717, 1.165) is 19.6 Å². The van der Waals surface area contributed by atoms with Crippen molar-refractivity contribution in [3.05, 3.63) is 35.9 Å². The fourth-order valence-corrected chi connectivity index (χ4v) is 2.00. The van der Waals surface area contributed by atoms with E-state index in [1.807, 2.05) is 6.07 Å². The second-order valence-electron chi connectivity index (χ2n) is 3.98. The summed E-state index contributed by atoms with van der Waals surface area (Å²) in [5, 5.41) is 0. The molecule has 0 spiro atoms. The number of thiocarbonyl (C=S) groups is 1. The maximum atomic E-state index is 5.60. The topological polar surface area (TPSA) is 38.5 Å². The molecule has 2 N–H and O–H groups in total. The molecule has 1 heterocycles. The number of rotatable bonds is 3. The van der Waals surface area contributed by atoms with Crippen molar-refractivity contribution in [1.29, 1.82) is 0 Å². The van der Waals surface area contributed by atoms with E-state index in [9.17, 15) is 0 Å². The number of morpholine rings is 1. The maximum absolute atomic E-state index is 5.60. The summed E-state index contributed by atoms with van der Waals surface area (Å²) in [4.78, 5) is 2.78. The molecular weight excluding hydrogens is 220 g/mol. The van der Waals surface area contributed by atoms with E-state index < -0.39 is 0 Å². The van der Waals surface area contributed by atoms with Crippen molar-refractivity contribution in [2.45, 2.75) is 12.6 Å². The van der Waals surface area contributed by atoms with Crippen molar-refractivity contribution in [2.75, 3.05) is 19.7 Å². The van der Waals surface area contributed by atoms with Gasteiger partial charge in [0.25, 0.3) is 0 Å². The summed E-state index contributed by atoms with van der Waals surface area (Å²) in [6.07, 6.45) is -0.0903. The Balaban J connectivity index is 1.93. The molecule has 0 radical (unpaired) electrons. The monoisotopic (exact) mass is 236 g/mol. The lowest BCUT2D eigenvalue weighted by atomic mass is 10.2. The normalized spacial score (nSPS) is 21.9. The van der Waals surface area contributed by atoms with E-state index in [2.05, 4.69) is 29.2 Å².